The van der Waals surface area contributed by atoms with E-state index in [1.807, 2.05) is 43.5 Å². The zero-order valence-corrected chi connectivity index (χ0v) is 7.25. The summed E-state index contributed by atoms with van der Waals surface area (Å²) in [5, 5.41) is 3.06. The van der Waals surface area contributed by atoms with Crippen molar-refractivity contribution in [1.29, 1.82) is 0 Å². The van der Waals surface area contributed by atoms with E-state index in [9.17, 15) is 0 Å². The van der Waals surface area contributed by atoms with Gasteiger partial charge in [0.15, 0.2) is 0 Å². The van der Waals surface area contributed by atoms with Gasteiger partial charge < -0.3 is 11.1 Å². The standard InChI is InChI=1S/C10H14N2/c1-2-12-8-10(11)9-6-4-3-5-7-9/h3-8,12H,2,11H2,1H3/b10-8-. The molecular formula is C10H14N2. The number of nitrogens with two attached hydrogens (primary N) is 1. The van der Waals surface area contributed by atoms with Crippen LogP contribution in [0, 0.1) is 0 Å². The van der Waals surface area contributed by atoms with Crippen LogP contribution in [0.2, 0.25) is 0 Å². The maximum atomic E-state index is 5.78. The van der Waals surface area contributed by atoms with Crippen molar-refractivity contribution in [2.24, 2.45) is 5.73 Å². The van der Waals surface area contributed by atoms with E-state index >= 15 is 0 Å². The van der Waals surface area contributed by atoms with Gasteiger partial charge in [-0.05, 0) is 12.5 Å². The molecule has 0 heterocycles. The van der Waals surface area contributed by atoms with Gasteiger partial charge in [-0.15, -0.1) is 0 Å². The predicted molar refractivity (Wildman–Crippen MR) is 52.3 cm³/mol. The van der Waals surface area contributed by atoms with Gasteiger partial charge in [-0.25, -0.2) is 0 Å². The van der Waals surface area contributed by atoms with Crippen molar-refractivity contribution >= 4 is 5.70 Å². The van der Waals surface area contributed by atoms with Crippen LogP contribution in [0.1, 0.15) is 12.5 Å². The molecule has 0 saturated carbocycles. The van der Waals surface area contributed by atoms with Crippen molar-refractivity contribution in [2.45, 2.75) is 6.92 Å². The first-order chi connectivity index (χ1) is 5.84. The summed E-state index contributed by atoms with van der Waals surface area (Å²) in [4.78, 5) is 0. The second kappa shape index (κ2) is 4.44. The van der Waals surface area contributed by atoms with Crippen LogP contribution in [0.3, 0.4) is 0 Å². The molecule has 12 heavy (non-hydrogen) atoms. The Morgan fingerprint density at radius 1 is 1.42 bits per heavy atom. The lowest BCUT2D eigenvalue weighted by Gasteiger charge is -2.01. The van der Waals surface area contributed by atoms with Gasteiger partial charge in [-0.2, -0.15) is 0 Å². The molecule has 2 heteroatoms. The number of benzene rings is 1. The van der Waals surface area contributed by atoms with E-state index in [0.29, 0.717) is 0 Å². The molecular weight excluding hydrogens is 148 g/mol. The topological polar surface area (TPSA) is 38.0 Å². The lowest BCUT2D eigenvalue weighted by Crippen LogP contribution is -2.07. The molecule has 64 valence electrons. The quantitative estimate of drug-likeness (QED) is 0.707. The summed E-state index contributed by atoms with van der Waals surface area (Å²) >= 11 is 0. The average Bonchev–Trinajstić information content (AvgIpc) is 2.15. The van der Waals surface area contributed by atoms with E-state index in [1.165, 1.54) is 0 Å². The highest BCUT2D eigenvalue weighted by Gasteiger charge is 1.91. The third-order valence-corrected chi connectivity index (χ3v) is 1.57. The highest BCUT2D eigenvalue weighted by Crippen LogP contribution is 2.05. The largest absolute Gasteiger partial charge is 0.397 e. The fourth-order valence-corrected chi connectivity index (χ4v) is 0.926. The smallest absolute Gasteiger partial charge is 0.0547 e. The summed E-state index contributed by atoms with van der Waals surface area (Å²) in [5.74, 6) is 0. The van der Waals surface area contributed by atoms with Crippen LogP contribution in [0.25, 0.3) is 5.70 Å². The molecule has 1 aromatic rings. The number of rotatable bonds is 3. The van der Waals surface area contributed by atoms with Crippen molar-refractivity contribution in [3.05, 3.63) is 42.1 Å². The van der Waals surface area contributed by atoms with Gasteiger partial charge in [-0.1, -0.05) is 30.3 Å². The first kappa shape index (κ1) is 8.65. The lowest BCUT2D eigenvalue weighted by atomic mass is 10.2. The fourth-order valence-electron chi connectivity index (χ4n) is 0.926. The van der Waals surface area contributed by atoms with Gasteiger partial charge in [0.2, 0.25) is 0 Å². The Kier molecular flexibility index (Phi) is 3.20. The summed E-state index contributed by atoms with van der Waals surface area (Å²) in [6.45, 7) is 2.93. The van der Waals surface area contributed by atoms with Crippen LogP contribution in [0.5, 0.6) is 0 Å². The van der Waals surface area contributed by atoms with E-state index in [0.717, 1.165) is 17.8 Å². The Morgan fingerprint density at radius 2 is 2.08 bits per heavy atom. The SMILES string of the molecule is CCN/C=C(\N)c1ccccc1. The van der Waals surface area contributed by atoms with Crippen molar-refractivity contribution in [3.8, 4) is 0 Å². The Bertz CT molecular complexity index is 252. The zero-order chi connectivity index (χ0) is 8.81. The Morgan fingerprint density at radius 3 is 2.67 bits per heavy atom. The summed E-state index contributed by atoms with van der Waals surface area (Å²) in [6.07, 6.45) is 1.83. The van der Waals surface area contributed by atoms with E-state index < -0.39 is 0 Å². The Balaban J connectivity index is 2.71. The third kappa shape index (κ3) is 2.31. The molecule has 0 aromatic heterocycles. The monoisotopic (exact) mass is 162 g/mol. The molecule has 0 aliphatic heterocycles. The van der Waals surface area contributed by atoms with E-state index in [-0.39, 0.29) is 0 Å². The molecule has 1 aromatic carbocycles. The second-order valence-corrected chi connectivity index (χ2v) is 2.52. The molecule has 0 amide bonds. The van der Waals surface area contributed by atoms with Gasteiger partial charge in [-0.3, -0.25) is 0 Å². The van der Waals surface area contributed by atoms with Crippen molar-refractivity contribution in [3.63, 3.8) is 0 Å². The molecule has 0 aliphatic carbocycles. The summed E-state index contributed by atoms with van der Waals surface area (Å²) in [6, 6.07) is 9.90. The van der Waals surface area contributed by atoms with Crippen LogP contribution in [-0.4, -0.2) is 6.54 Å². The molecule has 0 radical (unpaired) electrons. The van der Waals surface area contributed by atoms with Gasteiger partial charge in [0, 0.05) is 12.7 Å². The normalized spacial score (nSPS) is 11.2. The number of hydrogen-bond donors (Lipinski definition) is 2. The summed E-state index contributed by atoms with van der Waals surface area (Å²) in [5.41, 5.74) is 7.61. The highest BCUT2D eigenvalue weighted by atomic mass is 14.8. The lowest BCUT2D eigenvalue weighted by molar-refractivity contribution is 0.919. The molecule has 0 bridgehead atoms. The molecule has 0 spiro atoms. The van der Waals surface area contributed by atoms with Crippen LogP contribution in [-0.2, 0) is 0 Å². The minimum atomic E-state index is 0.775. The Hall–Kier alpha value is -1.44. The molecule has 0 unspecified atom stereocenters. The molecule has 0 aliphatic rings. The summed E-state index contributed by atoms with van der Waals surface area (Å²) < 4.78 is 0. The Labute approximate surface area is 73.1 Å². The molecule has 0 fully saturated rings. The zero-order valence-electron chi connectivity index (χ0n) is 7.25. The molecule has 1 rings (SSSR count). The molecule has 2 nitrogen and oxygen atoms in total. The summed E-state index contributed by atoms with van der Waals surface area (Å²) in [7, 11) is 0. The minimum Gasteiger partial charge on any atom is -0.397 e. The minimum absolute atomic E-state index is 0.775. The number of hydrogen-bond acceptors (Lipinski definition) is 2. The van der Waals surface area contributed by atoms with E-state index in [1.54, 1.807) is 0 Å². The molecule has 0 saturated heterocycles. The maximum Gasteiger partial charge on any atom is 0.0547 e. The first-order valence-corrected chi connectivity index (χ1v) is 4.09. The maximum absolute atomic E-state index is 5.78. The van der Waals surface area contributed by atoms with E-state index in [4.69, 9.17) is 5.73 Å². The third-order valence-electron chi connectivity index (χ3n) is 1.57. The average molecular weight is 162 g/mol. The number of nitrogens with one attached hydrogen (secondary N) is 1. The van der Waals surface area contributed by atoms with Crippen LogP contribution >= 0.6 is 0 Å². The van der Waals surface area contributed by atoms with E-state index in [2.05, 4.69) is 5.32 Å². The molecule has 0 atom stereocenters. The van der Waals surface area contributed by atoms with Crippen molar-refractivity contribution < 1.29 is 0 Å². The van der Waals surface area contributed by atoms with Gasteiger partial charge >= 0.3 is 0 Å². The predicted octanol–water partition coefficient (Wildman–Crippen LogP) is 1.55. The second-order valence-electron chi connectivity index (χ2n) is 2.52. The van der Waals surface area contributed by atoms with Gasteiger partial charge in [0.05, 0.1) is 5.70 Å². The van der Waals surface area contributed by atoms with Crippen LogP contribution in [0.4, 0.5) is 0 Å². The van der Waals surface area contributed by atoms with Gasteiger partial charge in [0.25, 0.3) is 0 Å². The fraction of sp³-hybridized carbons (Fsp3) is 0.200. The van der Waals surface area contributed by atoms with Crippen LogP contribution < -0.4 is 11.1 Å². The van der Waals surface area contributed by atoms with Crippen LogP contribution in [0.15, 0.2) is 36.5 Å². The van der Waals surface area contributed by atoms with Crippen molar-refractivity contribution in [2.75, 3.05) is 6.54 Å². The molecule has 3 N–H and O–H groups in total. The van der Waals surface area contributed by atoms with Crippen molar-refractivity contribution in [1.82, 2.24) is 5.32 Å². The van der Waals surface area contributed by atoms with Gasteiger partial charge in [0.1, 0.15) is 0 Å². The first-order valence-electron chi connectivity index (χ1n) is 4.09. The highest BCUT2D eigenvalue weighted by molar-refractivity contribution is 5.61.